The number of anilines is 1. The number of rotatable bonds is 7. The summed E-state index contributed by atoms with van der Waals surface area (Å²) in [5.74, 6) is -0.0506. The van der Waals surface area contributed by atoms with Crippen LogP contribution in [0.15, 0.2) is 12.3 Å². The third-order valence-corrected chi connectivity index (χ3v) is 2.39. The highest BCUT2D eigenvalue weighted by Gasteiger charge is 2.10. The minimum absolute atomic E-state index is 0.251. The summed E-state index contributed by atoms with van der Waals surface area (Å²) in [6, 6.07) is 1.43. The maximum Gasteiger partial charge on any atom is 0.253 e. The molecule has 0 spiro atoms. The Balaban J connectivity index is 2.34. The monoisotopic (exact) mass is 273 g/mol. The van der Waals surface area contributed by atoms with Crippen molar-refractivity contribution in [2.45, 2.75) is 0 Å². The second kappa shape index (κ2) is 7.86. The molecule has 6 nitrogen and oxygen atoms in total. The van der Waals surface area contributed by atoms with E-state index in [1.54, 1.807) is 7.11 Å². The van der Waals surface area contributed by atoms with Crippen LogP contribution in [0.1, 0.15) is 10.4 Å². The number of nitrogen functional groups attached to an aromatic ring is 1. The average Bonchev–Trinajstić information content (AvgIpc) is 2.36. The molecule has 7 heteroatoms. The lowest BCUT2D eigenvalue weighted by molar-refractivity contribution is 0.0693. The van der Waals surface area contributed by atoms with E-state index < -0.39 is 0 Å². The molecule has 0 unspecified atom stereocenters. The first-order chi connectivity index (χ1) is 8.65. The van der Waals surface area contributed by atoms with Crippen LogP contribution in [0.25, 0.3) is 0 Å². The zero-order chi connectivity index (χ0) is 13.4. The molecule has 1 rings (SSSR count). The Morgan fingerprint density at radius 2 is 2.28 bits per heavy atom. The number of carbonyl (C=O) groups excluding carboxylic acids is 1. The van der Waals surface area contributed by atoms with Crippen LogP contribution >= 0.6 is 11.6 Å². The highest BCUT2D eigenvalue weighted by atomic mass is 35.5. The van der Waals surface area contributed by atoms with Crippen molar-refractivity contribution < 1.29 is 14.3 Å². The lowest BCUT2D eigenvalue weighted by Gasteiger charge is -2.07. The summed E-state index contributed by atoms with van der Waals surface area (Å²) < 4.78 is 10.0. The maximum absolute atomic E-state index is 11.7. The van der Waals surface area contributed by atoms with Crippen LogP contribution in [-0.4, -0.2) is 44.4 Å². The first kappa shape index (κ1) is 14.7. The molecule has 0 fully saturated rings. The summed E-state index contributed by atoms with van der Waals surface area (Å²) in [4.78, 5) is 15.5. The second-order valence-electron chi connectivity index (χ2n) is 3.45. The third kappa shape index (κ3) is 4.87. The number of hydrogen-bond acceptors (Lipinski definition) is 5. The van der Waals surface area contributed by atoms with Gasteiger partial charge in [0.15, 0.2) is 0 Å². The molecule has 0 saturated carbocycles. The van der Waals surface area contributed by atoms with E-state index in [0.29, 0.717) is 31.9 Å². The quantitative estimate of drug-likeness (QED) is 0.715. The number of amides is 1. The van der Waals surface area contributed by atoms with Gasteiger partial charge in [-0.3, -0.25) is 4.79 Å². The van der Waals surface area contributed by atoms with Gasteiger partial charge in [-0.15, -0.1) is 0 Å². The number of aromatic nitrogens is 1. The van der Waals surface area contributed by atoms with Crippen LogP contribution in [-0.2, 0) is 9.47 Å². The summed E-state index contributed by atoms with van der Waals surface area (Å²) in [5, 5.41) is 2.94. The van der Waals surface area contributed by atoms with Gasteiger partial charge in [-0.25, -0.2) is 4.98 Å². The number of nitrogens with one attached hydrogen (secondary N) is 1. The predicted molar refractivity (Wildman–Crippen MR) is 68.7 cm³/mol. The molecule has 0 radical (unpaired) electrons. The van der Waals surface area contributed by atoms with Crippen LogP contribution in [0, 0.1) is 0 Å². The Kier molecular flexibility index (Phi) is 6.42. The zero-order valence-corrected chi connectivity index (χ0v) is 10.9. The topological polar surface area (TPSA) is 86.5 Å². The molecule has 1 aromatic rings. The van der Waals surface area contributed by atoms with Gasteiger partial charge < -0.3 is 20.5 Å². The number of halogens is 1. The number of carbonyl (C=O) groups is 1. The van der Waals surface area contributed by atoms with Gasteiger partial charge in [0, 0.05) is 19.9 Å². The van der Waals surface area contributed by atoms with Crippen molar-refractivity contribution in [1.82, 2.24) is 10.3 Å². The van der Waals surface area contributed by atoms with E-state index in [1.165, 1.54) is 12.3 Å². The molecule has 0 aliphatic rings. The van der Waals surface area contributed by atoms with Gasteiger partial charge in [-0.05, 0) is 6.07 Å². The summed E-state index contributed by atoms with van der Waals surface area (Å²) in [6.45, 7) is 1.82. The first-order valence-electron chi connectivity index (χ1n) is 5.41. The molecule has 0 atom stereocenters. The maximum atomic E-state index is 11.7. The van der Waals surface area contributed by atoms with E-state index in [0.717, 1.165) is 0 Å². The van der Waals surface area contributed by atoms with Crippen molar-refractivity contribution in [3.8, 4) is 0 Å². The highest BCUT2D eigenvalue weighted by molar-refractivity contribution is 6.33. The molecule has 1 amide bonds. The van der Waals surface area contributed by atoms with Gasteiger partial charge in [0.2, 0.25) is 0 Å². The molecular formula is C11H16ClN3O3. The Morgan fingerprint density at radius 3 is 3.00 bits per heavy atom. The lowest BCUT2D eigenvalue weighted by atomic mass is 10.2. The van der Waals surface area contributed by atoms with E-state index in [9.17, 15) is 4.79 Å². The van der Waals surface area contributed by atoms with Gasteiger partial charge in [0.1, 0.15) is 5.82 Å². The van der Waals surface area contributed by atoms with E-state index in [1.807, 2.05) is 0 Å². The number of methoxy groups -OCH3 is 1. The number of nitrogens with zero attached hydrogens (tertiary/aromatic N) is 1. The Hall–Kier alpha value is -1.37. The molecule has 3 N–H and O–H groups in total. The normalized spacial score (nSPS) is 10.3. The molecule has 18 heavy (non-hydrogen) atoms. The fourth-order valence-corrected chi connectivity index (χ4v) is 1.39. The number of hydrogen-bond donors (Lipinski definition) is 2. The number of ether oxygens (including phenoxy) is 2. The molecule has 100 valence electrons. The molecular weight excluding hydrogens is 258 g/mol. The summed E-state index contributed by atoms with van der Waals surface area (Å²) in [6.07, 6.45) is 1.35. The molecule has 1 heterocycles. The van der Waals surface area contributed by atoms with Crippen molar-refractivity contribution in [2.75, 3.05) is 39.2 Å². The van der Waals surface area contributed by atoms with Crippen molar-refractivity contribution >= 4 is 23.3 Å². The molecule has 0 aliphatic heterocycles. The fourth-order valence-electron chi connectivity index (χ4n) is 1.21. The van der Waals surface area contributed by atoms with Crippen molar-refractivity contribution in [2.24, 2.45) is 0 Å². The molecule has 0 bridgehead atoms. The summed E-state index contributed by atoms with van der Waals surface area (Å²) in [5.41, 5.74) is 5.79. The molecule has 0 aliphatic carbocycles. The standard InChI is InChI=1S/C11H16ClN3O3/c1-17-4-5-18-3-2-14-11(16)8-6-10(13)15-7-9(8)12/h6-7H,2-5H2,1H3,(H2,13,15)(H,14,16). The van der Waals surface area contributed by atoms with Crippen LogP contribution < -0.4 is 11.1 Å². The predicted octanol–water partition coefficient (Wildman–Crippen LogP) is 0.710. The Bertz CT molecular complexity index is 401. The smallest absolute Gasteiger partial charge is 0.253 e. The van der Waals surface area contributed by atoms with Crippen LogP contribution in [0.2, 0.25) is 5.02 Å². The first-order valence-corrected chi connectivity index (χ1v) is 5.79. The van der Waals surface area contributed by atoms with Gasteiger partial charge >= 0.3 is 0 Å². The van der Waals surface area contributed by atoms with Gasteiger partial charge in [0.05, 0.1) is 30.4 Å². The minimum atomic E-state index is -0.301. The van der Waals surface area contributed by atoms with Crippen LogP contribution in [0.5, 0.6) is 0 Å². The second-order valence-corrected chi connectivity index (χ2v) is 3.86. The summed E-state index contributed by atoms with van der Waals surface area (Å²) in [7, 11) is 1.60. The molecule has 0 saturated heterocycles. The number of nitrogens with two attached hydrogens (primary N) is 1. The largest absolute Gasteiger partial charge is 0.384 e. The van der Waals surface area contributed by atoms with E-state index >= 15 is 0 Å². The van der Waals surface area contributed by atoms with Gasteiger partial charge in [0.25, 0.3) is 5.91 Å². The average molecular weight is 274 g/mol. The van der Waals surface area contributed by atoms with E-state index in [-0.39, 0.29) is 16.7 Å². The van der Waals surface area contributed by atoms with Crippen molar-refractivity contribution in [1.29, 1.82) is 0 Å². The van der Waals surface area contributed by atoms with Gasteiger partial charge in [-0.1, -0.05) is 11.6 Å². The number of pyridine rings is 1. The van der Waals surface area contributed by atoms with E-state index in [2.05, 4.69) is 10.3 Å². The minimum Gasteiger partial charge on any atom is -0.384 e. The summed E-state index contributed by atoms with van der Waals surface area (Å²) >= 11 is 5.85. The zero-order valence-electron chi connectivity index (χ0n) is 10.1. The van der Waals surface area contributed by atoms with Crippen LogP contribution in [0.4, 0.5) is 5.82 Å². The Labute approximate surface area is 110 Å². The SMILES string of the molecule is COCCOCCNC(=O)c1cc(N)ncc1Cl. The highest BCUT2D eigenvalue weighted by Crippen LogP contribution is 2.15. The van der Waals surface area contributed by atoms with Crippen molar-refractivity contribution in [3.63, 3.8) is 0 Å². The van der Waals surface area contributed by atoms with Crippen LogP contribution in [0.3, 0.4) is 0 Å². The van der Waals surface area contributed by atoms with E-state index in [4.69, 9.17) is 26.8 Å². The Morgan fingerprint density at radius 1 is 1.50 bits per heavy atom. The fraction of sp³-hybridized carbons (Fsp3) is 0.455. The van der Waals surface area contributed by atoms with Crippen molar-refractivity contribution in [3.05, 3.63) is 22.8 Å². The molecule has 1 aromatic heterocycles. The molecule has 0 aromatic carbocycles. The third-order valence-electron chi connectivity index (χ3n) is 2.08. The van der Waals surface area contributed by atoms with Gasteiger partial charge in [-0.2, -0.15) is 0 Å². The lowest BCUT2D eigenvalue weighted by Crippen LogP contribution is -2.28.